The summed E-state index contributed by atoms with van der Waals surface area (Å²) in [6.45, 7) is 2.48. The van der Waals surface area contributed by atoms with E-state index in [4.69, 9.17) is 17.3 Å². The van der Waals surface area contributed by atoms with E-state index >= 15 is 0 Å². The molecule has 1 aliphatic rings. The van der Waals surface area contributed by atoms with Crippen LogP contribution in [0.2, 0.25) is 4.34 Å². The molecule has 0 unspecified atom stereocenters. The summed E-state index contributed by atoms with van der Waals surface area (Å²) >= 11 is 7.37. The van der Waals surface area contributed by atoms with Crippen molar-refractivity contribution in [2.24, 2.45) is 5.73 Å². The van der Waals surface area contributed by atoms with Gasteiger partial charge in [0.05, 0.1) is 17.4 Å². The Labute approximate surface area is 145 Å². The number of hydrogen-bond acceptors (Lipinski definition) is 4. The summed E-state index contributed by atoms with van der Waals surface area (Å²) in [6, 6.07) is 14.1. The third kappa shape index (κ3) is 4.32. The van der Waals surface area contributed by atoms with Gasteiger partial charge in [-0.1, -0.05) is 41.9 Å². The van der Waals surface area contributed by atoms with E-state index in [9.17, 15) is 4.79 Å². The second kappa shape index (κ2) is 7.45. The SMILES string of the molecule is N[C@@H]1CN(CC(=O)NCc2ccc(Cl)s2)C[C@H]1c1ccccc1. The molecule has 1 fully saturated rings. The van der Waals surface area contributed by atoms with E-state index in [0.29, 0.717) is 19.0 Å². The molecule has 0 saturated carbocycles. The van der Waals surface area contributed by atoms with Crippen molar-refractivity contribution in [3.63, 3.8) is 0 Å². The Morgan fingerprint density at radius 1 is 1.26 bits per heavy atom. The molecule has 2 atom stereocenters. The molecule has 2 aromatic rings. The van der Waals surface area contributed by atoms with Gasteiger partial charge in [0.25, 0.3) is 0 Å². The van der Waals surface area contributed by atoms with Crippen LogP contribution in [0.1, 0.15) is 16.4 Å². The summed E-state index contributed by atoms with van der Waals surface area (Å²) in [5.41, 5.74) is 7.50. The van der Waals surface area contributed by atoms with Crippen molar-refractivity contribution >= 4 is 28.8 Å². The van der Waals surface area contributed by atoms with Crippen LogP contribution in [0.4, 0.5) is 0 Å². The summed E-state index contributed by atoms with van der Waals surface area (Å²) in [7, 11) is 0. The van der Waals surface area contributed by atoms with Crippen molar-refractivity contribution in [1.29, 1.82) is 0 Å². The van der Waals surface area contributed by atoms with Crippen LogP contribution in [0, 0.1) is 0 Å². The lowest BCUT2D eigenvalue weighted by Crippen LogP contribution is -2.36. The number of amides is 1. The standard InChI is InChI=1S/C17H20ClN3OS/c18-16-7-6-13(23-16)8-20-17(22)11-21-9-14(15(19)10-21)12-4-2-1-3-5-12/h1-7,14-15H,8-11,19H2,(H,20,22)/t14-,15+/m0/s1. The zero-order valence-electron chi connectivity index (χ0n) is 12.7. The third-order valence-electron chi connectivity index (χ3n) is 4.12. The van der Waals surface area contributed by atoms with Gasteiger partial charge in [-0.25, -0.2) is 0 Å². The maximum Gasteiger partial charge on any atom is 0.234 e. The Balaban J connectivity index is 1.50. The number of carbonyl (C=O) groups excluding carboxylic acids is 1. The lowest BCUT2D eigenvalue weighted by Gasteiger charge is -2.15. The van der Waals surface area contributed by atoms with Gasteiger partial charge in [-0.3, -0.25) is 9.69 Å². The summed E-state index contributed by atoms with van der Waals surface area (Å²) in [4.78, 5) is 15.3. The van der Waals surface area contributed by atoms with Crippen molar-refractivity contribution in [3.8, 4) is 0 Å². The summed E-state index contributed by atoms with van der Waals surface area (Å²) < 4.78 is 0.741. The molecule has 0 radical (unpaired) electrons. The number of hydrogen-bond donors (Lipinski definition) is 2. The van der Waals surface area contributed by atoms with Crippen molar-refractivity contribution in [2.45, 2.75) is 18.5 Å². The minimum absolute atomic E-state index is 0.0236. The fourth-order valence-corrected chi connectivity index (χ4v) is 4.01. The van der Waals surface area contributed by atoms with Crippen LogP contribution >= 0.6 is 22.9 Å². The van der Waals surface area contributed by atoms with Crippen LogP contribution in [-0.2, 0) is 11.3 Å². The predicted molar refractivity (Wildman–Crippen MR) is 94.8 cm³/mol. The summed E-state index contributed by atoms with van der Waals surface area (Å²) in [6.07, 6.45) is 0. The van der Waals surface area contributed by atoms with E-state index in [-0.39, 0.29) is 11.9 Å². The number of likely N-dealkylation sites (tertiary alicyclic amines) is 1. The first-order valence-electron chi connectivity index (χ1n) is 7.65. The predicted octanol–water partition coefficient (Wildman–Crippen LogP) is 2.44. The Morgan fingerprint density at radius 2 is 2.04 bits per heavy atom. The van der Waals surface area contributed by atoms with Gasteiger partial charge in [-0.05, 0) is 17.7 Å². The number of nitrogens with one attached hydrogen (secondary N) is 1. The quantitative estimate of drug-likeness (QED) is 0.871. The number of nitrogens with zero attached hydrogens (tertiary/aromatic N) is 1. The zero-order chi connectivity index (χ0) is 16.2. The van der Waals surface area contributed by atoms with Gasteiger partial charge in [0.1, 0.15) is 0 Å². The van der Waals surface area contributed by atoms with E-state index in [0.717, 1.165) is 22.3 Å². The van der Waals surface area contributed by atoms with E-state index in [1.807, 2.05) is 30.3 Å². The molecule has 1 aliphatic heterocycles. The molecule has 1 amide bonds. The molecular weight excluding hydrogens is 330 g/mol. The second-order valence-corrected chi connectivity index (χ2v) is 7.66. The summed E-state index contributed by atoms with van der Waals surface area (Å²) in [5.74, 6) is 0.315. The molecule has 1 aromatic carbocycles. The molecule has 0 bridgehead atoms. The maximum absolute atomic E-state index is 12.1. The molecule has 4 nitrogen and oxygen atoms in total. The number of rotatable bonds is 5. The zero-order valence-corrected chi connectivity index (χ0v) is 14.3. The van der Waals surface area contributed by atoms with Crippen LogP contribution in [0.5, 0.6) is 0 Å². The minimum atomic E-state index is 0.0236. The molecule has 1 saturated heterocycles. The van der Waals surface area contributed by atoms with Crippen molar-refractivity contribution in [2.75, 3.05) is 19.6 Å². The number of halogens is 1. The Morgan fingerprint density at radius 3 is 2.74 bits per heavy atom. The van der Waals surface area contributed by atoms with Crippen LogP contribution in [-0.4, -0.2) is 36.5 Å². The van der Waals surface area contributed by atoms with Crippen LogP contribution < -0.4 is 11.1 Å². The van der Waals surface area contributed by atoms with Gasteiger partial charge in [0, 0.05) is 29.9 Å². The highest BCUT2D eigenvalue weighted by Gasteiger charge is 2.31. The fraction of sp³-hybridized carbons (Fsp3) is 0.353. The number of nitrogens with two attached hydrogens (primary N) is 1. The first-order chi connectivity index (χ1) is 11.1. The van der Waals surface area contributed by atoms with Gasteiger partial charge in [-0.15, -0.1) is 11.3 Å². The molecule has 6 heteroatoms. The van der Waals surface area contributed by atoms with Crippen molar-refractivity contribution in [1.82, 2.24) is 10.2 Å². The Hall–Kier alpha value is -1.40. The number of thiophene rings is 1. The lowest BCUT2D eigenvalue weighted by molar-refractivity contribution is -0.122. The van der Waals surface area contributed by atoms with E-state index in [1.54, 1.807) is 0 Å². The van der Waals surface area contributed by atoms with Crippen molar-refractivity contribution < 1.29 is 4.79 Å². The van der Waals surface area contributed by atoms with E-state index in [1.165, 1.54) is 16.9 Å². The minimum Gasteiger partial charge on any atom is -0.350 e. The average molecular weight is 350 g/mol. The Bertz CT molecular complexity index is 661. The van der Waals surface area contributed by atoms with E-state index < -0.39 is 0 Å². The largest absolute Gasteiger partial charge is 0.350 e. The highest BCUT2D eigenvalue weighted by molar-refractivity contribution is 7.16. The molecule has 2 heterocycles. The molecule has 3 N–H and O–H groups in total. The van der Waals surface area contributed by atoms with Crippen LogP contribution in [0.15, 0.2) is 42.5 Å². The van der Waals surface area contributed by atoms with E-state index in [2.05, 4.69) is 22.3 Å². The molecule has 1 aromatic heterocycles. The lowest BCUT2D eigenvalue weighted by atomic mass is 9.95. The number of carbonyl (C=O) groups is 1. The summed E-state index contributed by atoms with van der Waals surface area (Å²) in [5, 5.41) is 2.94. The molecule has 3 rings (SSSR count). The fourth-order valence-electron chi connectivity index (χ4n) is 2.99. The van der Waals surface area contributed by atoms with Gasteiger partial charge in [0.2, 0.25) is 5.91 Å². The molecular formula is C17H20ClN3OS. The second-order valence-electron chi connectivity index (χ2n) is 5.86. The first-order valence-corrected chi connectivity index (χ1v) is 8.85. The maximum atomic E-state index is 12.1. The smallest absolute Gasteiger partial charge is 0.234 e. The number of benzene rings is 1. The monoisotopic (exact) mass is 349 g/mol. The molecule has 0 aliphatic carbocycles. The highest BCUT2D eigenvalue weighted by atomic mass is 35.5. The first kappa shape index (κ1) is 16.5. The molecule has 122 valence electrons. The van der Waals surface area contributed by atoms with Gasteiger partial charge < -0.3 is 11.1 Å². The van der Waals surface area contributed by atoms with Crippen LogP contribution in [0.25, 0.3) is 0 Å². The normalized spacial score (nSPS) is 21.5. The molecule has 0 spiro atoms. The highest BCUT2D eigenvalue weighted by Crippen LogP contribution is 2.26. The average Bonchev–Trinajstić information content (AvgIpc) is 3.12. The third-order valence-corrected chi connectivity index (χ3v) is 5.36. The van der Waals surface area contributed by atoms with Crippen molar-refractivity contribution in [3.05, 3.63) is 57.2 Å². The van der Waals surface area contributed by atoms with Gasteiger partial charge >= 0.3 is 0 Å². The van der Waals surface area contributed by atoms with Crippen LogP contribution in [0.3, 0.4) is 0 Å². The molecule has 23 heavy (non-hydrogen) atoms. The topological polar surface area (TPSA) is 58.4 Å². The van der Waals surface area contributed by atoms with Gasteiger partial charge in [-0.2, -0.15) is 0 Å². The Kier molecular flexibility index (Phi) is 5.33. The van der Waals surface area contributed by atoms with Gasteiger partial charge in [0.15, 0.2) is 0 Å².